The van der Waals surface area contributed by atoms with Crippen molar-refractivity contribution in [2.24, 2.45) is 0 Å². The van der Waals surface area contributed by atoms with Crippen molar-refractivity contribution < 1.29 is 9.53 Å². The number of hydrogen-bond acceptors (Lipinski definition) is 3. The van der Waals surface area contributed by atoms with Crippen LogP contribution >= 0.6 is 0 Å². The van der Waals surface area contributed by atoms with E-state index in [-0.39, 0.29) is 5.57 Å². The van der Waals surface area contributed by atoms with Crippen molar-refractivity contribution in [2.45, 2.75) is 13.8 Å². The fourth-order valence-electron chi connectivity index (χ4n) is 2.16. The second-order valence-corrected chi connectivity index (χ2v) is 5.22. The van der Waals surface area contributed by atoms with Gasteiger partial charge in [0.2, 0.25) is 0 Å². The zero-order valence-corrected chi connectivity index (χ0v) is 13.4. The Morgan fingerprint density at radius 1 is 1.22 bits per heavy atom. The highest BCUT2D eigenvalue weighted by Gasteiger charge is 2.10. The molecule has 0 aliphatic heterocycles. The zero-order chi connectivity index (χ0) is 16.8. The van der Waals surface area contributed by atoms with Gasteiger partial charge in [-0.25, -0.2) is 0 Å². The summed E-state index contributed by atoms with van der Waals surface area (Å²) in [6.45, 7) is 3.85. The first-order chi connectivity index (χ1) is 11.0. The van der Waals surface area contributed by atoms with E-state index >= 15 is 0 Å². The van der Waals surface area contributed by atoms with Gasteiger partial charge in [-0.2, -0.15) is 5.26 Å². The Labute approximate surface area is 136 Å². The average Bonchev–Trinajstić information content (AvgIpc) is 2.53. The summed E-state index contributed by atoms with van der Waals surface area (Å²) in [6, 6.07) is 14.9. The van der Waals surface area contributed by atoms with Gasteiger partial charge in [0.05, 0.1) is 7.11 Å². The quantitative estimate of drug-likeness (QED) is 0.689. The van der Waals surface area contributed by atoms with E-state index in [0.717, 1.165) is 22.4 Å². The molecule has 1 amide bonds. The first-order valence-electron chi connectivity index (χ1n) is 7.18. The minimum Gasteiger partial charge on any atom is -0.497 e. The molecule has 4 nitrogen and oxygen atoms in total. The normalized spacial score (nSPS) is 10.8. The third kappa shape index (κ3) is 4.21. The molecular formula is C19H18N2O2. The van der Waals surface area contributed by atoms with Crippen molar-refractivity contribution in [1.29, 1.82) is 5.26 Å². The van der Waals surface area contributed by atoms with Crippen LogP contribution in [0.15, 0.2) is 48.0 Å². The van der Waals surface area contributed by atoms with Crippen molar-refractivity contribution >= 4 is 17.7 Å². The van der Waals surface area contributed by atoms with Crippen LogP contribution in [0.25, 0.3) is 6.08 Å². The van der Waals surface area contributed by atoms with Crippen molar-refractivity contribution in [2.75, 3.05) is 12.4 Å². The van der Waals surface area contributed by atoms with Crippen LogP contribution in [0, 0.1) is 25.2 Å². The number of anilines is 1. The molecule has 0 aromatic heterocycles. The van der Waals surface area contributed by atoms with E-state index in [0.29, 0.717) is 5.69 Å². The van der Waals surface area contributed by atoms with Gasteiger partial charge in [-0.3, -0.25) is 4.79 Å². The third-order valence-electron chi connectivity index (χ3n) is 3.42. The standard InChI is InChI=1S/C19H18N2O2/c1-13-5-4-6-17(9-13)21-19(22)16(12-20)11-15-7-8-18(23-3)10-14(15)2/h4-11H,1-3H3,(H,21,22)/b16-11+. The van der Waals surface area contributed by atoms with E-state index in [2.05, 4.69) is 5.32 Å². The van der Waals surface area contributed by atoms with Gasteiger partial charge in [0.1, 0.15) is 17.4 Å². The molecule has 0 saturated carbocycles. The second-order valence-electron chi connectivity index (χ2n) is 5.22. The van der Waals surface area contributed by atoms with E-state index in [1.165, 1.54) is 0 Å². The largest absolute Gasteiger partial charge is 0.497 e. The number of rotatable bonds is 4. The summed E-state index contributed by atoms with van der Waals surface area (Å²) >= 11 is 0. The highest BCUT2D eigenvalue weighted by atomic mass is 16.5. The zero-order valence-electron chi connectivity index (χ0n) is 13.4. The lowest BCUT2D eigenvalue weighted by atomic mass is 10.1. The number of nitriles is 1. The molecule has 2 aromatic rings. The van der Waals surface area contributed by atoms with Crippen molar-refractivity contribution in [1.82, 2.24) is 0 Å². The smallest absolute Gasteiger partial charge is 0.266 e. The fourth-order valence-corrected chi connectivity index (χ4v) is 2.16. The molecule has 4 heteroatoms. The van der Waals surface area contributed by atoms with Crippen molar-refractivity contribution in [3.63, 3.8) is 0 Å². The van der Waals surface area contributed by atoms with Gasteiger partial charge in [0.15, 0.2) is 0 Å². The monoisotopic (exact) mass is 306 g/mol. The van der Waals surface area contributed by atoms with Crippen LogP contribution in [0.3, 0.4) is 0 Å². The molecule has 2 aromatic carbocycles. The van der Waals surface area contributed by atoms with Crippen molar-refractivity contribution in [3.8, 4) is 11.8 Å². The Morgan fingerprint density at radius 2 is 2.00 bits per heavy atom. The third-order valence-corrected chi connectivity index (χ3v) is 3.42. The fraction of sp³-hybridized carbons (Fsp3) is 0.158. The minimum absolute atomic E-state index is 0.0553. The van der Waals surface area contributed by atoms with Crippen LogP contribution in [0.4, 0.5) is 5.69 Å². The summed E-state index contributed by atoms with van der Waals surface area (Å²) in [7, 11) is 1.60. The predicted molar refractivity (Wildman–Crippen MR) is 91.1 cm³/mol. The number of nitrogens with one attached hydrogen (secondary N) is 1. The van der Waals surface area contributed by atoms with E-state index in [1.807, 2.05) is 50.2 Å². The van der Waals surface area contributed by atoms with Crippen LogP contribution < -0.4 is 10.1 Å². The van der Waals surface area contributed by atoms with Crippen LogP contribution in [0.2, 0.25) is 0 Å². The maximum atomic E-state index is 12.3. The van der Waals surface area contributed by atoms with Gasteiger partial charge in [-0.05, 0) is 60.9 Å². The number of ether oxygens (including phenoxy) is 1. The number of carbonyl (C=O) groups is 1. The van der Waals surface area contributed by atoms with E-state index in [1.54, 1.807) is 25.3 Å². The summed E-state index contributed by atoms with van der Waals surface area (Å²) in [5.41, 5.74) is 3.50. The molecule has 0 bridgehead atoms. The predicted octanol–water partition coefficient (Wildman–Crippen LogP) is 3.86. The maximum absolute atomic E-state index is 12.3. The lowest BCUT2D eigenvalue weighted by Crippen LogP contribution is -2.13. The summed E-state index contributed by atoms with van der Waals surface area (Å²) < 4.78 is 5.15. The highest BCUT2D eigenvalue weighted by Crippen LogP contribution is 2.20. The molecule has 2 rings (SSSR count). The number of methoxy groups -OCH3 is 1. The molecule has 116 valence electrons. The molecule has 0 heterocycles. The molecule has 0 saturated heterocycles. The Morgan fingerprint density at radius 3 is 2.61 bits per heavy atom. The molecule has 0 aliphatic rings. The van der Waals surface area contributed by atoms with Gasteiger partial charge in [-0.1, -0.05) is 18.2 Å². The van der Waals surface area contributed by atoms with Gasteiger partial charge in [-0.15, -0.1) is 0 Å². The number of carbonyl (C=O) groups excluding carboxylic acids is 1. The van der Waals surface area contributed by atoms with Gasteiger partial charge >= 0.3 is 0 Å². The Bertz CT molecular complexity index is 801. The van der Waals surface area contributed by atoms with Crippen LogP contribution in [0.1, 0.15) is 16.7 Å². The minimum atomic E-state index is -0.423. The Balaban J connectivity index is 2.25. The van der Waals surface area contributed by atoms with Crippen LogP contribution in [-0.2, 0) is 4.79 Å². The summed E-state index contributed by atoms with van der Waals surface area (Å²) in [4.78, 5) is 12.3. The van der Waals surface area contributed by atoms with E-state index < -0.39 is 5.91 Å². The summed E-state index contributed by atoms with van der Waals surface area (Å²) in [6.07, 6.45) is 1.58. The SMILES string of the molecule is COc1ccc(/C=C(\C#N)C(=O)Nc2cccc(C)c2)c(C)c1. The molecule has 0 spiro atoms. The molecule has 0 unspecified atom stereocenters. The summed E-state index contributed by atoms with van der Waals surface area (Å²) in [5.74, 6) is 0.315. The number of benzene rings is 2. The van der Waals surface area contributed by atoms with E-state index in [9.17, 15) is 10.1 Å². The van der Waals surface area contributed by atoms with Crippen molar-refractivity contribution in [3.05, 3.63) is 64.7 Å². The lowest BCUT2D eigenvalue weighted by molar-refractivity contribution is -0.112. The van der Waals surface area contributed by atoms with E-state index in [4.69, 9.17) is 4.74 Å². The van der Waals surface area contributed by atoms with Gasteiger partial charge in [0.25, 0.3) is 5.91 Å². The maximum Gasteiger partial charge on any atom is 0.266 e. The lowest BCUT2D eigenvalue weighted by Gasteiger charge is -2.07. The van der Waals surface area contributed by atoms with Crippen LogP contribution in [-0.4, -0.2) is 13.0 Å². The molecule has 0 fully saturated rings. The number of amides is 1. The number of hydrogen-bond donors (Lipinski definition) is 1. The summed E-state index contributed by atoms with van der Waals surface area (Å²) in [5, 5.41) is 12.0. The first kappa shape index (κ1) is 16.3. The Hall–Kier alpha value is -3.06. The highest BCUT2D eigenvalue weighted by molar-refractivity contribution is 6.09. The molecule has 1 N–H and O–H groups in total. The molecule has 0 atom stereocenters. The van der Waals surface area contributed by atoms with Gasteiger partial charge in [0, 0.05) is 5.69 Å². The first-order valence-corrected chi connectivity index (χ1v) is 7.18. The topological polar surface area (TPSA) is 62.1 Å². The average molecular weight is 306 g/mol. The second kappa shape index (κ2) is 7.28. The molecule has 23 heavy (non-hydrogen) atoms. The Kier molecular flexibility index (Phi) is 5.16. The molecule has 0 radical (unpaired) electrons. The number of aryl methyl sites for hydroxylation is 2. The number of nitrogens with zero attached hydrogens (tertiary/aromatic N) is 1. The van der Waals surface area contributed by atoms with Gasteiger partial charge < -0.3 is 10.1 Å². The molecular weight excluding hydrogens is 288 g/mol. The van der Waals surface area contributed by atoms with Crippen LogP contribution in [0.5, 0.6) is 5.75 Å². The molecule has 0 aliphatic carbocycles.